The molecule has 1 fully saturated rings. The Balaban J connectivity index is 2.50. The summed E-state index contributed by atoms with van der Waals surface area (Å²) in [6, 6.07) is 4.47. The van der Waals surface area contributed by atoms with Gasteiger partial charge in [-0.2, -0.15) is 0 Å². The lowest BCUT2D eigenvalue weighted by Crippen LogP contribution is -2.38. The Morgan fingerprint density at radius 3 is 2.39 bits per heavy atom. The number of carbonyl (C=O) groups is 1. The molecule has 0 radical (unpaired) electrons. The van der Waals surface area contributed by atoms with Crippen molar-refractivity contribution >= 4 is 21.6 Å². The van der Waals surface area contributed by atoms with Gasteiger partial charge >= 0.3 is 0 Å². The summed E-state index contributed by atoms with van der Waals surface area (Å²) in [4.78, 5) is 16.4. The topological polar surface area (TPSA) is 92.9 Å². The quantitative estimate of drug-likeness (QED) is 0.849. The number of carbonyl (C=O) groups excluding carboxylic acids is 1. The summed E-state index contributed by atoms with van der Waals surface area (Å²) >= 11 is 0. The van der Waals surface area contributed by atoms with Gasteiger partial charge in [0, 0.05) is 31.9 Å². The lowest BCUT2D eigenvalue weighted by molar-refractivity contribution is 0.0772. The van der Waals surface area contributed by atoms with Crippen molar-refractivity contribution in [2.45, 2.75) is 18.7 Å². The van der Waals surface area contributed by atoms with Gasteiger partial charge in [0.1, 0.15) is 0 Å². The van der Waals surface area contributed by atoms with Crippen molar-refractivity contribution in [2.24, 2.45) is 5.14 Å². The standard InChI is InChI=1S/C15H23N3O4S/c1-3-17(4-2)15(19)13-11-12(23(16,20)21)5-6-14(13)18-7-9-22-10-8-18/h5-6,11H,3-4,7-10H2,1-2H3,(H2,16,20,21). The van der Waals surface area contributed by atoms with E-state index in [2.05, 4.69) is 0 Å². The maximum absolute atomic E-state index is 12.8. The predicted molar refractivity (Wildman–Crippen MR) is 88.1 cm³/mol. The molecule has 2 N–H and O–H groups in total. The lowest BCUT2D eigenvalue weighted by atomic mass is 10.1. The summed E-state index contributed by atoms with van der Waals surface area (Å²) in [5, 5.41) is 5.21. The number of sulfonamides is 1. The van der Waals surface area contributed by atoms with Gasteiger partial charge in [0.25, 0.3) is 5.91 Å². The van der Waals surface area contributed by atoms with Gasteiger partial charge in [0.2, 0.25) is 10.0 Å². The van der Waals surface area contributed by atoms with Gasteiger partial charge < -0.3 is 14.5 Å². The van der Waals surface area contributed by atoms with Gasteiger partial charge in [-0.1, -0.05) is 0 Å². The molecule has 0 saturated carbocycles. The minimum atomic E-state index is -3.86. The average molecular weight is 341 g/mol. The van der Waals surface area contributed by atoms with E-state index in [4.69, 9.17) is 9.88 Å². The number of hydrogen-bond acceptors (Lipinski definition) is 5. The van der Waals surface area contributed by atoms with Crippen molar-refractivity contribution in [3.05, 3.63) is 23.8 Å². The molecule has 1 heterocycles. The smallest absolute Gasteiger partial charge is 0.255 e. The third-order valence-electron chi connectivity index (χ3n) is 3.93. The van der Waals surface area contributed by atoms with Crippen LogP contribution in [-0.2, 0) is 14.8 Å². The van der Waals surface area contributed by atoms with Crippen LogP contribution in [0.4, 0.5) is 5.69 Å². The lowest BCUT2D eigenvalue weighted by Gasteiger charge is -2.31. The second-order valence-corrected chi connectivity index (χ2v) is 6.86. The molecule has 0 bridgehead atoms. The fourth-order valence-corrected chi connectivity index (χ4v) is 3.16. The zero-order valence-corrected chi connectivity index (χ0v) is 14.3. The Kier molecular flexibility index (Phi) is 5.61. The number of hydrogen-bond donors (Lipinski definition) is 1. The number of morpholine rings is 1. The Labute approximate surface area is 137 Å². The molecule has 1 aromatic rings. The van der Waals surface area contributed by atoms with Crippen molar-refractivity contribution in [1.29, 1.82) is 0 Å². The molecule has 0 aromatic heterocycles. The third kappa shape index (κ3) is 4.01. The molecular formula is C15H23N3O4S. The summed E-state index contributed by atoms with van der Waals surface area (Å²) in [5.74, 6) is -0.193. The van der Waals surface area contributed by atoms with Crippen LogP contribution in [0.25, 0.3) is 0 Å². The molecule has 1 aliphatic rings. The van der Waals surface area contributed by atoms with Crippen LogP contribution in [0, 0.1) is 0 Å². The minimum absolute atomic E-state index is 0.0509. The number of amides is 1. The number of ether oxygens (including phenoxy) is 1. The highest BCUT2D eigenvalue weighted by Gasteiger charge is 2.23. The molecule has 1 amide bonds. The molecule has 0 aliphatic carbocycles. The number of rotatable bonds is 5. The molecular weight excluding hydrogens is 318 g/mol. The molecule has 23 heavy (non-hydrogen) atoms. The van der Waals surface area contributed by atoms with Crippen molar-refractivity contribution in [3.63, 3.8) is 0 Å². The first kappa shape index (κ1) is 17.7. The Morgan fingerprint density at radius 1 is 1.26 bits per heavy atom. The summed E-state index contributed by atoms with van der Waals surface area (Å²) in [5.41, 5.74) is 1.08. The van der Waals surface area contributed by atoms with Crippen LogP contribution in [0.1, 0.15) is 24.2 Å². The van der Waals surface area contributed by atoms with Crippen LogP contribution in [0.5, 0.6) is 0 Å². The molecule has 7 nitrogen and oxygen atoms in total. The van der Waals surface area contributed by atoms with Gasteiger partial charge in [-0.05, 0) is 32.0 Å². The van der Waals surface area contributed by atoms with Crippen LogP contribution >= 0.6 is 0 Å². The normalized spacial score (nSPS) is 15.5. The van der Waals surface area contributed by atoms with Gasteiger partial charge in [-0.25, -0.2) is 13.6 Å². The summed E-state index contributed by atoms with van der Waals surface area (Å²) in [6.45, 7) is 7.36. The van der Waals surface area contributed by atoms with E-state index in [1.165, 1.54) is 12.1 Å². The number of nitrogens with two attached hydrogens (primary N) is 1. The van der Waals surface area contributed by atoms with E-state index < -0.39 is 10.0 Å². The fourth-order valence-electron chi connectivity index (χ4n) is 2.62. The van der Waals surface area contributed by atoms with Crippen molar-refractivity contribution in [3.8, 4) is 0 Å². The number of primary sulfonamides is 1. The second kappa shape index (κ2) is 7.29. The van der Waals surface area contributed by atoms with Crippen molar-refractivity contribution < 1.29 is 17.9 Å². The first-order valence-electron chi connectivity index (χ1n) is 7.67. The third-order valence-corrected chi connectivity index (χ3v) is 4.84. The molecule has 128 valence electrons. The van der Waals surface area contributed by atoms with Gasteiger partial charge in [0.05, 0.1) is 23.7 Å². The highest BCUT2D eigenvalue weighted by Crippen LogP contribution is 2.26. The van der Waals surface area contributed by atoms with Gasteiger partial charge in [-0.15, -0.1) is 0 Å². The molecule has 1 aromatic carbocycles. The number of anilines is 1. The second-order valence-electron chi connectivity index (χ2n) is 5.30. The Bertz CT molecular complexity index is 665. The average Bonchev–Trinajstić information content (AvgIpc) is 2.55. The molecule has 1 saturated heterocycles. The zero-order valence-electron chi connectivity index (χ0n) is 13.5. The van der Waals surface area contributed by atoms with Crippen molar-refractivity contribution in [1.82, 2.24) is 4.90 Å². The SMILES string of the molecule is CCN(CC)C(=O)c1cc(S(N)(=O)=O)ccc1N1CCOCC1. The van der Waals surface area contributed by atoms with Crippen LogP contribution in [0.3, 0.4) is 0 Å². The molecule has 0 spiro atoms. The van der Waals surface area contributed by atoms with Crippen LogP contribution in [0.15, 0.2) is 23.1 Å². The van der Waals surface area contributed by atoms with E-state index in [-0.39, 0.29) is 10.8 Å². The van der Waals surface area contributed by atoms with Crippen molar-refractivity contribution in [2.75, 3.05) is 44.3 Å². The maximum atomic E-state index is 12.8. The van der Waals surface area contributed by atoms with E-state index in [0.717, 1.165) is 5.69 Å². The van der Waals surface area contributed by atoms with E-state index in [1.807, 2.05) is 18.7 Å². The number of nitrogens with zero attached hydrogens (tertiary/aromatic N) is 2. The summed E-state index contributed by atoms with van der Waals surface area (Å²) in [6.07, 6.45) is 0. The fraction of sp³-hybridized carbons (Fsp3) is 0.533. The largest absolute Gasteiger partial charge is 0.378 e. The minimum Gasteiger partial charge on any atom is -0.378 e. The first-order chi connectivity index (χ1) is 10.9. The molecule has 0 atom stereocenters. The zero-order chi connectivity index (χ0) is 17.0. The Hall–Kier alpha value is -1.64. The van der Waals surface area contributed by atoms with Crippen LogP contribution < -0.4 is 10.0 Å². The molecule has 2 rings (SSSR count). The highest BCUT2D eigenvalue weighted by molar-refractivity contribution is 7.89. The summed E-state index contributed by atoms with van der Waals surface area (Å²) in [7, 11) is -3.86. The first-order valence-corrected chi connectivity index (χ1v) is 9.22. The Morgan fingerprint density at radius 2 is 1.87 bits per heavy atom. The summed E-state index contributed by atoms with van der Waals surface area (Å²) < 4.78 is 28.6. The van der Waals surface area contributed by atoms with E-state index in [9.17, 15) is 13.2 Å². The van der Waals surface area contributed by atoms with Gasteiger partial charge in [0.15, 0.2) is 0 Å². The maximum Gasteiger partial charge on any atom is 0.255 e. The van der Waals surface area contributed by atoms with Crippen LogP contribution in [0.2, 0.25) is 0 Å². The monoisotopic (exact) mass is 341 g/mol. The van der Waals surface area contributed by atoms with Crippen LogP contribution in [-0.4, -0.2) is 58.6 Å². The predicted octanol–water partition coefficient (Wildman–Crippen LogP) is 0.653. The van der Waals surface area contributed by atoms with E-state index in [0.29, 0.717) is 45.0 Å². The van der Waals surface area contributed by atoms with Gasteiger partial charge in [-0.3, -0.25) is 4.79 Å². The van der Waals surface area contributed by atoms with E-state index in [1.54, 1.807) is 11.0 Å². The molecule has 0 unspecified atom stereocenters. The number of benzene rings is 1. The van der Waals surface area contributed by atoms with E-state index >= 15 is 0 Å². The highest BCUT2D eigenvalue weighted by atomic mass is 32.2. The molecule has 1 aliphatic heterocycles. The molecule has 8 heteroatoms.